The van der Waals surface area contributed by atoms with Crippen LogP contribution in [0.25, 0.3) is 0 Å². The fourth-order valence-electron chi connectivity index (χ4n) is 1.40. The van der Waals surface area contributed by atoms with Crippen LogP contribution in [-0.4, -0.2) is 12.1 Å². The van der Waals surface area contributed by atoms with Crippen LogP contribution in [0.15, 0.2) is 36.4 Å². The van der Waals surface area contributed by atoms with Crippen LogP contribution in [0.3, 0.4) is 0 Å². The van der Waals surface area contributed by atoms with Crippen molar-refractivity contribution < 1.29 is 9.47 Å². The summed E-state index contributed by atoms with van der Waals surface area (Å²) in [7, 11) is 1.61. The van der Waals surface area contributed by atoms with E-state index in [1.807, 2.05) is 18.2 Å². The van der Waals surface area contributed by atoms with E-state index in [-0.39, 0.29) is 0 Å². The van der Waals surface area contributed by atoms with Crippen molar-refractivity contribution in [2.45, 2.75) is 6.61 Å². The largest absolute Gasteiger partial charge is 0.497 e. The Balaban J connectivity index is 2.06. The van der Waals surface area contributed by atoms with Gasteiger partial charge in [0.15, 0.2) is 0 Å². The van der Waals surface area contributed by atoms with Gasteiger partial charge in [-0.25, -0.2) is 4.98 Å². The summed E-state index contributed by atoms with van der Waals surface area (Å²) in [6.45, 7) is 0.330. The third-order valence-electron chi connectivity index (χ3n) is 2.33. The molecule has 0 radical (unpaired) electrons. The topological polar surface area (TPSA) is 31.4 Å². The maximum absolute atomic E-state index is 5.95. The fraction of sp³-hybridized carbons (Fsp3) is 0.154. The molecule has 0 spiro atoms. The Bertz CT molecular complexity index is 546. The van der Waals surface area contributed by atoms with Crippen molar-refractivity contribution in [3.63, 3.8) is 0 Å². The molecule has 0 aliphatic heterocycles. The normalized spacial score (nSPS) is 10.2. The SMILES string of the molecule is COc1cccc(OCc2ccc(Cl)nc2Cl)c1. The quantitative estimate of drug-likeness (QED) is 0.796. The molecule has 1 aromatic carbocycles. The van der Waals surface area contributed by atoms with Gasteiger partial charge in [-0.2, -0.15) is 0 Å². The number of aromatic nitrogens is 1. The second-order valence-corrected chi connectivity index (χ2v) is 4.30. The third kappa shape index (κ3) is 3.28. The summed E-state index contributed by atoms with van der Waals surface area (Å²) in [6, 6.07) is 10.8. The molecule has 0 N–H and O–H groups in total. The second kappa shape index (κ2) is 5.94. The van der Waals surface area contributed by atoms with E-state index in [1.165, 1.54) is 0 Å². The molecule has 0 atom stereocenters. The number of rotatable bonds is 4. The minimum absolute atomic E-state index is 0.330. The number of methoxy groups -OCH3 is 1. The molecule has 0 unspecified atom stereocenters. The summed E-state index contributed by atoms with van der Waals surface area (Å²) in [5, 5.41) is 0.718. The number of ether oxygens (including phenoxy) is 2. The zero-order valence-corrected chi connectivity index (χ0v) is 11.2. The van der Waals surface area contributed by atoms with Crippen molar-refractivity contribution in [1.29, 1.82) is 0 Å². The summed E-state index contributed by atoms with van der Waals surface area (Å²) in [4.78, 5) is 3.95. The molecule has 0 aliphatic rings. The van der Waals surface area contributed by atoms with Crippen LogP contribution in [0.1, 0.15) is 5.56 Å². The molecule has 0 fully saturated rings. The predicted molar refractivity (Wildman–Crippen MR) is 71.6 cm³/mol. The van der Waals surface area contributed by atoms with Gasteiger partial charge in [-0.15, -0.1) is 0 Å². The first-order valence-corrected chi connectivity index (χ1v) is 6.02. The van der Waals surface area contributed by atoms with Gasteiger partial charge in [0.1, 0.15) is 28.4 Å². The first-order chi connectivity index (χ1) is 8.69. The van der Waals surface area contributed by atoms with Crippen LogP contribution in [0.4, 0.5) is 0 Å². The molecule has 0 amide bonds. The molecule has 5 heteroatoms. The van der Waals surface area contributed by atoms with Gasteiger partial charge in [-0.1, -0.05) is 29.3 Å². The average Bonchev–Trinajstić information content (AvgIpc) is 2.38. The summed E-state index contributed by atoms with van der Waals surface area (Å²) in [5.41, 5.74) is 0.781. The molecular formula is C13H11Cl2NO2. The molecule has 3 nitrogen and oxygen atoms in total. The maximum Gasteiger partial charge on any atom is 0.137 e. The van der Waals surface area contributed by atoms with E-state index >= 15 is 0 Å². The summed E-state index contributed by atoms with van der Waals surface area (Å²) >= 11 is 11.7. The molecule has 0 aliphatic carbocycles. The molecule has 1 heterocycles. The molecule has 18 heavy (non-hydrogen) atoms. The van der Waals surface area contributed by atoms with E-state index in [9.17, 15) is 0 Å². The number of hydrogen-bond acceptors (Lipinski definition) is 3. The van der Waals surface area contributed by atoms with Crippen LogP contribution >= 0.6 is 23.2 Å². The highest BCUT2D eigenvalue weighted by Crippen LogP contribution is 2.22. The zero-order chi connectivity index (χ0) is 13.0. The van der Waals surface area contributed by atoms with E-state index in [0.29, 0.717) is 22.7 Å². The van der Waals surface area contributed by atoms with Crippen molar-refractivity contribution >= 4 is 23.2 Å². The number of nitrogens with zero attached hydrogens (tertiary/aromatic N) is 1. The number of benzene rings is 1. The smallest absolute Gasteiger partial charge is 0.137 e. The first kappa shape index (κ1) is 13.0. The Morgan fingerprint density at radius 3 is 2.61 bits per heavy atom. The van der Waals surface area contributed by atoms with Crippen LogP contribution in [0.5, 0.6) is 11.5 Å². The Morgan fingerprint density at radius 1 is 1.11 bits per heavy atom. The molecule has 94 valence electrons. The van der Waals surface area contributed by atoms with Gasteiger partial charge < -0.3 is 9.47 Å². The summed E-state index contributed by atoms with van der Waals surface area (Å²) < 4.78 is 10.7. The van der Waals surface area contributed by atoms with Crippen LogP contribution < -0.4 is 9.47 Å². The first-order valence-electron chi connectivity index (χ1n) is 5.27. The molecule has 0 bridgehead atoms. The highest BCUT2D eigenvalue weighted by molar-refractivity contribution is 6.32. The Morgan fingerprint density at radius 2 is 1.89 bits per heavy atom. The summed E-state index contributed by atoms with van der Waals surface area (Å²) in [6.07, 6.45) is 0. The zero-order valence-electron chi connectivity index (χ0n) is 9.69. The van der Waals surface area contributed by atoms with Crippen LogP contribution in [0, 0.1) is 0 Å². The fourth-order valence-corrected chi connectivity index (χ4v) is 1.80. The van der Waals surface area contributed by atoms with E-state index in [1.54, 1.807) is 25.3 Å². The van der Waals surface area contributed by atoms with Crippen molar-refractivity contribution in [2.24, 2.45) is 0 Å². The van der Waals surface area contributed by atoms with E-state index in [0.717, 1.165) is 11.3 Å². The van der Waals surface area contributed by atoms with E-state index < -0.39 is 0 Å². The number of pyridine rings is 1. The Labute approximate surface area is 115 Å². The highest BCUT2D eigenvalue weighted by Gasteiger charge is 2.04. The minimum Gasteiger partial charge on any atom is -0.497 e. The summed E-state index contributed by atoms with van der Waals surface area (Å²) in [5.74, 6) is 1.45. The second-order valence-electron chi connectivity index (χ2n) is 3.55. The van der Waals surface area contributed by atoms with Crippen LogP contribution in [0.2, 0.25) is 10.3 Å². The highest BCUT2D eigenvalue weighted by atomic mass is 35.5. The lowest BCUT2D eigenvalue weighted by Gasteiger charge is -2.08. The lowest BCUT2D eigenvalue weighted by molar-refractivity contribution is 0.303. The Kier molecular flexibility index (Phi) is 4.28. The minimum atomic E-state index is 0.330. The number of hydrogen-bond donors (Lipinski definition) is 0. The van der Waals surface area contributed by atoms with E-state index in [4.69, 9.17) is 32.7 Å². The predicted octanol–water partition coefficient (Wildman–Crippen LogP) is 3.98. The Hall–Kier alpha value is -1.45. The van der Waals surface area contributed by atoms with Gasteiger partial charge >= 0.3 is 0 Å². The molecule has 0 saturated carbocycles. The molecular weight excluding hydrogens is 273 g/mol. The van der Waals surface area contributed by atoms with Crippen molar-refractivity contribution in [2.75, 3.05) is 7.11 Å². The number of halogens is 2. The van der Waals surface area contributed by atoms with Crippen molar-refractivity contribution in [3.8, 4) is 11.5 Å². The van der Waals surface area contributed by atoms with Gasteiger partial charge in [-0.05, 0) is 24.3 Å². The van der Waals surface area contributed by atoms with Crippen molar-refractivity contribution in [1.82, 2.24) is 4.98 Å². The van der Waals surface area contributed by atoms with Crippen LogP contribution in [-0.2, 0) is 6.61 Å². The van der Waals surface area contributed by atoms with Gasteiger partial charge in [0.2, 0.25) is 0 Å². The van der Waals surface area contributed by atoms with Crippen molar-refractivity contribution in [3.05, 3.63) is 52.3 Å². The molecule has 1 aromatic heterocycles. The van der Waals surface area contributed by atoms with Gasteiger partial charge in [-0.3, -0.25) is 0 Å². The lowest BCUT2D eigenvalue weighted by atomic mass is 10.3. The maximum atomic E-state index is 5.95. The standard InChI is InChI=1S/C13H11Cl2NO2/c1-17-10-3-2-4-11(7-10)18-8-9-5-6-12(14)16-13(9)15/h2-7H,8H2,1H3. The lowest BCUT2D eigenvalue weighted by Crippen LogP contribution is -1.97. The third-order valence-corrected chi connectivity index (χ3v) is 2.87. The average molecular weight is 284 g/mol. The van der Waals surface area contributed by atoms with Gasteiger partial charge in [0, 0.05) is 11.6 Å². The van der Waals surface area contributed by atoms with Gasteiger partial charge in [0.25, 0.3) is 0 Å². The van der Waals surface area contributed by atoms with E-state index in [2.05, 4.69) is 4.98 Å². The van der Waals surface area contributed by atoms with Gasteiger partial charge in [0.05, 0.1) is 7.11 Å². The molecule has 2 aromatic rings. The molecule has 0 saturated heterocycles. The molecule has 2 rings (SSSR count). The monoisotopic (exact) mass is 283 g/mol.